The van der Waals surface area contributed by atoms with Crippen molar-refractivity contribution in [1.29, 1.82) is 0 Å². The third kappa shape index (κ3) is 3.74. The maximum atomic E-state index is 6.79. The molecular formula is C20H26O2Si. The van der Waals surface area contributed by atoms with Gasteiger partial charge < -0.3 is 8.85 Å². The van der Waals surface area contributed by atoms with Crippen molar-refractivity contribution in [2.45, 2.75) is 45.1 Å². The Morgan fingerprint density at radius 1 is 0.870 bits per heavy atom. The zero-order valence-electron chi connectivity index (χ0n) is 13.9. The minimum atomic E-state index is -2.63. The summed E-state index contributed by atoms with van der Waals surface area (Å²) in [6.45, 7) is 2.90. The number of benzene rings is 2. The van der Waals surface area contributed by atoms with Crippen LogP contribution in [0.5, 0.6) is 0 Å². The molecule has 2 nitrogen and oxygen atoms in total. The van der Waals surface area contributed by atoms with E-state index < -0.39 is 8.56 Å². The second-order valence-corrected chi connectivity index (χ2v) is 9.13. The second kappa shape index (κ2) is 7.91. The van der Waals surface area contributed by atoms with Crippen LogP contribution in [0.4, 0.5) is 0 Å². The van der Waals surface area contributed by atoms with Gasteiger partial charge in [-0.2, -0.15) is 0 Å². The van der Waals surface area contributed by atoms with Crippen LogP contribution in [0.15, 0.2) is 60.7 Å². The molecular weight excluding hydrogens is 300 g/mol. The molecule has 0 atom stereocenters. The molecule has 0 spiro atoms. The molecule has 0 radical (unpaired) electrons. The molecule has 0 heterocycles. The van der Waals surface area contributed by atoms with E-state index in [-0.39, 0.29) is 0 Å². The van der Waals surface area contributed by atoms with E-state index in [1.165, 1.54) is 23.2 Å². The van der Waals surface area contributed by atoms with E-state index >= 15 is 0 Å². The van der Waals surface area contributed by atoms with E-state index in [1.54, 1.807) is 0 Å². The summed E-state index contributed by atoms with van der Waals surface area (Å²) in [6.07, 6.45) is 6.19. The zero-order chi connectivity index (χ0) is 16.0. The Hall–Kier alpha value is -1.42. The zero-order valence-corrected chi connectivity index (χ0v) is 14.9. The van der Waals surface area contributed by atoms with Gasteiger partial charge in [-0.05, 0) is 29.6 Å². The summed E-state index contributed by atoms with van der Waals surface area (Å²) >= 11 is 0. The molecule has 0 saturated heterocycles. The molecule has 1 fully saturated rings. The van der Waals surface area contributed by atoms with Gasteiger partial charge in [0.2, 0.25) is 0 Å². The lowest BCUT2D eigenvalue weighted by Gasteiger charge is -2.34. The first kappa shape index (κ1) is 16.4. The van der Waals surface area contributed by atoms with Gasteiger partial charge in [0.05, 0.1) is 0 Å². The van der Waals surface area contributed by atoms with Crippen molar-refractivity contribution in [3.05, 3.63) is 60.7 Å². The fourth-order valence-corrected chi connectivity index (χ4v) is 6.77. The van der Waals surface area contributed by atoms with Crippen LogP contribution in [0.1, 0.15) is 39.0 Å². The number of hydrogen-bond donors (Lipinski definition) is 0. The van der Waals surface area contributed by atoms with Gasteiger partial charge in [0.25, 0.3) is 0 Å². The highest BCUT2D eigenvalue weighted by Crippen LogP contribution is 2.25. The topological polar surface area (TPSA) is 18.5 Å². The van der Waals surface area contributed by atoms with E-state index in [2.05, 4.69) is 67.6 Å². The molecule has 122 valence electrons. The van der Waals surface area contributed by atoms with E-state index in [1.807, 2.05) is 0 Å². The van der Waals surface area contributed by atoms with Gasteiger partial charge in [0.15, 0.2) is 0 Å². The van der Waals surface area contributed by atoms with Crippen LogP contribution in [-0.4, -0.2) is 21.3 Å². The molecule has 0 amide bonds. The molecule has 23 heavy (non-hydrogen) atoms. The SMILES string of the molecule is CCCO[Si](OC1CCCC1)(c1ccccc1)c1ccccc1. The Morgan fingerprint density at radius 2 is 1.39 bits per heavy atom. The molecule has 1 aliphatic carbocycles. The van der Waals surface area contributed by atoms with E-state index in [4.69, 9.17) is 8.85 Å². The summed E-state index contributed by atoms with van der Waals surface area (Å²) in [6, 6.07) is 21.2. The lowest BCUT2D eigenvalue weighted by Crippen LogP contribution is -2.64. The fraction of sp³-hybridized carbons (Fsp3) is 0.400. The summed E-state index contributed by atoms with van der Waals surface area (Å²) in [7, 11) is -2.63. The molecule has 0 bridgehead atoms. The molecule has 3 rings (SSSR count). The van der Waals surface area contributed by atoms with E-state index in [0.717, 1.165) is 25.9 Å². The average molecular weight is 327 g/mol. The predicted molar refractivity (Wildman–Crippen MR) is 97.5 cm³/mol. The lowest BCUT2D eigenvalue weighted by molar-refractivity contribution is 0.134. The van der Waals surface area contributed by atoms with Crippen molar-refractivity contribution in [2.75, 3.05) is 6.61 Å². The average Bonchev–Trinajstić information content (AvgIpc) is 3.13. The monoisotopic (exact) mass is 326 g/mol. The maximum absolute atomic E-state index is 6.79. The van der Waals surface area contributed by atoms with Gasteiger partial charge in [-0.3, -0.25) is 0 Å². The summed E-state index contributed by atoms with van der Waals surface area (Å²) in [4.78, 5) is 0. The van der Waals surface area contributed by atoms with Crippen LogP contribution < -0.4 is 10.4 Å². The van der Waals surface area contributed by atoms with Gasteiger partial charge in [-0.25, -0.2) is 0 Å². The predicted octanol–water partition coefficient (Wildman–Crippen LogP) is 3.63. The van der Waals surface area contributed by atoms with Crippen LogP contribution in [0.25, 0.3) is 0 Å². The first-order chi connectivity index (χ1) is 11.3. The van der Waals surface area contributed by atoms with Crippen LogP contribution >= 0.6 is 0 Å². The summed E-state index contributed by atoms with van der Waals surface area (Å²) in [5.74, 6) is 0. The highest BCUT2D eigenvalue weighted by Gasteiger charge is 2.44. The Labute approximate surface area is 140 Å². The van der Waals surface area contributed by atoms with Crippen LogP contribution in [-0.2, 0) is 8.85 Å². The van der Waals surface area contributed by atoms with Gasteiger partial charge in [0.1, 0.15) is 0 Å². The summed E-state index contributed by atoms with van der Waals surface area (Å²) in [5, 5.41) is 2.43. The van der Waals surface area contributed by atoms with Gasteiger partial charge in [0, 0.05) is 12.7 Å². The third-order valence-electron chi connectivity index (χ3n) is 4.45. The third-order valence-corrected chi connectivity index (χ3v) is 7.91. The molecule has 2 aromatic carbocycles. The van der Waals surface area contributed by atoms with Crippen molar-refractivity contribution in [2.24, 2.45) is 0 Å². The molecule has 1 saturated carbocycles. The van der Waals surface area contributed by atoms with Crippen LogP contribution in [0.3, 0.4) is 0 Å². The molecule has 0 unspecified atom stereocenters. The van der Waals surface area contributed by atoms with Gasteiger partial charge in [-0.15, -0.1) is 0 Å². The van der Waals surface area contributed by atoms with Gasteiger partial charge in [-0.1, -0.05) is 80.4 Å². The Balaban J connectivity index is 2.04. The highest BCUT2D eigenvalue weighted by molar-refractivity contribution is 6.92. The highest BCUT2D eigenvalue weighted by atomic mass is 28.4. The molecule has 0 N–H and O–H groups in total. The quantitative estimate of drug-likeness (QED) is 0.724. The fourth-order valence-electron chi connectivity index (χ4n) is 3.31. The largest absolute Gasteiger partial charge is 0.407 e. The van der Waals surface area contributed by atoms with Crippen molar-refractivity contribution in [1.82, 2.24) is 0 Å². The van der Waals surface area contributed by atoms with Crippen molar-refractivity contribution < 1.29 is 8.85 Å². The first-order valence-electron chi connectivity index (χ1n) is 8.78. The minimum Gasteiger partial charge on any atom is -0.388 e. The van der Waals surface area contributed by atoms with Gasteiger partial charge >= 0.3 is 8.56 Å². The lowest BCUT2D eigenvalue weighted by atomic mass is 10.3. The van der Waals surface area contributed by atoms with E-state index in [9.17, 15) is 0 Å². The standard InChI is InChI=1S/C20H26O2Si/c1-2-17-21-23(19-13-5-3-6-14-19,20-15-7-4-8-16-20)22-18-11-9-10-12-18/h3-8,13-16,18H,2,9-12,17H2,1H3. The molecule has 3 heteroatoms. The molecule has 2 aromatic rings. The number of hydrogen-bond acceptors (Lipinski definition) is 2. The summed E-state index contributed by atoms with van der Waals surface area (Å²) < 4.78 is 13.3. The first-order valence-corrected chi connectivity index (χ1v) is 10.6. The Morgan fingerprint density at radius 3 is 1.87 bits per heavy atom. The normalized spacial score (nSPS) is 15.9. The van der Waals surface area contributed by atoms with Crippen molar-refractivity contribution >= 4 is 18.9 Å². The maximum Gasteiger partial charge on any atom is 0.407 e. The minimum absolute atomic E-state index is 0.332. The van der Waals surface area contributed by atoms with Crippen LogP contribution in [0, 0.1) is 0 Å². The summed E-state index contributed by atoms with van der Waals surface area (Å²) in [5.41, 5.74) is 0. The Bertz CT molecular complexity index is 540. The smallest absolute Gasteiger partial charge is 0.388 e. The van der Waals surface area contributed by atoms with Crippen molar-refractivity contribution in [3.8, 4) is 0 Å². The Kier molecular flexibility index (Phi) is 5.65. The van der Waals surface area contributed by atoms with Crippen LogP contribution in [0.2, 0.25) is 0 Å². The second-order valence-electron chi connectivity index (χ2n) is 6.22. The van der Waals surface area contributed by atoms with E-state index in [0.29, 0.717) is 6.10 Å². The number of rotatable bonds is 7. The van der Waals surface area contributed by atoms with Crippen molar-refractivity contribution in [3.63, 3.8) is 0 Å². The molecule has 1 aliphatic rings. The molecule has 0 aromatic heterocycles. The molecule has 0 aliphatic heterocycles.